The maximum Gasteiger partial charge on any atom is 0.255 e. The van der Waals surface area contributed by atoms with E-state index in [4.69, 9.17) is 5.73 Å². The number of hydrogen-bond donors (Lipinski definition) is 3. The van der Waals surface area contributed by atoms with E-state index in [0.29, 0.717) is 23.9 Å². The maximum atomic E-state index is 12.9. The van der Waals surface area contributed by atoms with Gasteiger partial charge in [-0.2, -0.15) is 0 Å². The molecule has 1 saturated heterocycles. The molecule has 6 rings (SSSR count). The Morgan fingerprint density at radius 3 is 2.70 bits per heavy atom. The van der Waals surface area contributed by atoms with Crippen LogP contribution in [0.3, 0.4) is 0 Å². The third-order valence-electron chi connectivity index (χ3n) is 6.91. The summed E-state index contributed by atoms with van der Waals surface area (Å²) in [5, 5.41) is 6.03. The number of imide groups is 1. The van der Waals surface area contributed by atoms with Crippen LogP contribution >= 0.6 is 0 Å². The molecule has 27 heavy (non-hydrogen) atoms. The maximum absolute atomic E-state index is 12.9. The van der Waals surface area contributed by atoms with E-state index in [0.717, 1.165) is 43.5 Å². The molecular weight excluding hydrogens is 344 g/mol. The van der Waals surface area contributed by atoms with Crippen LogP contribution in [0.5, 0.6) is 0 Å². The van der Waals surface area contributed by atoms with E-state index in [1.165, 1.54) is 0 Å². The second-order valence-electron chi connectivity index (χ2n) is 8.71. The molecule has 4 N–H and O–H groups in total. The monoisotopic (exact) mass is 368 g/mol. The van der Waals surface area contributed by atoms with E-state index < -0.39 is 6.04 Å². The first kappa shape index (κ1) is 16.9. The molecule has 1 atom stereocenters. The van der Waals surface area contributed by atoms with Gasteiger partial charge in [0.05, 0.1) is 0 Å². The van der Waals surface area contributed by atoms with Crippen LogP contribution in [0.4, 0.5) is 0 Å². The Balaban J connectivity index is 1.31. The van der Waals surface area contributed by atoms with E-state index in [-0.39, 0.29) is 29.7 Å². The van der Waals surface area contributed by atoms with Gasteiger partial charge >= 0.3 is 0 Å². The first-order valence-electron chi connectivity index (χ1n) is 9.65. The summed E-state index contributed by atoms with van der Waals surface area (Å²) in [5.74, 6) is -0.749. The van der Waals surface area contributed by atoms with Crippen LogP contribution in [0, 0.1) is 5.41 Å². The summed E-state index contributed by atoms with van der Waals surface area (Å²) in [5.41, 5.74) is 9.24. The number of carbonyl (C=O) groups excluding carboxylic acids is 3. The van der Waals surface area contributed by atoms with Gasteiger partial charge in [-0.05, 0) is 54.8 Å². The average Bonchev–Trinajstić information content (AvgIpc) is 2.91. The quantitative estimate of drug-likeness (QED) is 0.654. The first-order valence-corrected chi connectivity index (χ1v) is 9.65. The Morgan fingerprint density at radius 1 is 1.22 bits per heavy atom. The molecular formula is C20H24N4O3. The lowest BCUT2D eigenvalue weighted by Gasteiger charge is -2.71. The van der Waals surface area contributed by atoms with E-state index in [1.54, 1.807) is 4.90 Å². The predicted molar refractivity (Wildman–Crippen MR) is 97.4 cm³/mol. The molecule has 0 aromatic heterocycles. The molecule has 3 aliphatic carbocycles. The minimum atomic E-state index is -0.564. The fourth-order valence-electron chi connectivity index (χ4n) is 5.50. The topological polar surface area (TPSA) is 105 Å². The number of fused-ring (bicyclic) bond motifs is 1. The summed E-state index contributed by atoms with van der Waals surface area (Å²) in [6.07, 6.45) is 4.10. The Morgan fingerprint density at radius 2 is 2.00 bits per heavy atom. The number of amides is 3. The molecule has 7 nitrogen and oxygen atoms in total. The average molecular weight is 368 g/mol. The minimum absolute atomic E-state index is 0.117. The number of rotatable bonds is 5. The molecule has 3 saturated carbocycles. The fourth-order valence-corrected chi connectivity index (χ4v) is 5.50. The lowest BCUT2D eigenvalue weighted by Crippen LogP contribution is -2.75. The zero-order valence-corrected chi connectivity index (χ0v) is 15.2. The SMILES string of the molecule is NCC12CC(NCc3cccc4c3CN(C3CCC(=O)NC3=O)C4=O)(C1)C2. The van der Waals surface area contributed by atoms with Gasteiger partial charge in [0, 0.05) is 30.6 Å². The zero-order valence-electron chi connectivity index (χ0n) is 15.2. The van der Waals surface area contributed by atoms with Crippen molar-refractivity contribution in [3.63, 3.8) is 0 Å². The van der Waals surface area contributed by atoms with E-state index in [2.05, 4.69) is 16.7 Å². The van der Waals surface area contributed by atoms with Crippen LogP contribution in [0.2, 0.25) is 0 Å². The molecule has 142 valence electrons. The Bertz CT molecular complexity index is 845. The molecule has 1 aromatic carbocycles. The highest BCUT2D eigenvalue weighted by Crippen LogP contribution is 2.66. The Kier molecular flexibility index (Phi) is 3.52. The van der Waals surface area contributed by atoms with Gasteiger partial charge in [-0.15, -0.1) is 0 Å². The molecule has 2 bridgehead atoms. The summed E-state index contributed by atoms with van der Waals surface area (Å²) < 4.78 is 0. The molecule has 2 heterocycles. The zero-order chi connectivity index (χ0) is 18.8. The van der Waals surface area contributed by atoms with Crippen molar-refractivity contribution >= 4 is 17.7 Å². The van der Waals surface area contributed by atoms with Gasteiger partial charge in [-0.25, -0.2) is 0 Å². The molecule has 1 unspecified atom stereocenters. The third kappa shape index (κ3) is 2.45. The summed E-state index contributed by atoms with van der Waals surface area (Å²) in [7, 11) is 0. The molecule has 0 spiro atoms. The van der Waals surface area contributed by atoms with Crippen molar-refractivity contribution in [2.45, 2.75) is 56.8 Å². The number of nitrogens with zero attached hydrogens (tertiary/aromatic N) is 1. The fraction of sp³-hybridized carbons (Fsp3) is 0.550. The normalized spacial score (nSPS) is 34.0. The minimum Gasteiger partial charge on any atom is -0.330 e. The van der Waals surface area contributed by atoms with Crippen molar-refractivity contribution in [1.82, 2.24) is 15.5 Å². The largest absolute Gasteiger partial charge is 0.330 e. The van der Waals surface area contributed by atoms with Crippen molar-refractivity contribution < 1.29 is 14.4 Å². The van der Waals surface area contributed by atoms with Crippen LogP contribution < -0.4 is 16.4 Å². The molecule has 7 heteroatoms. The molecule has 5 aliphatic rings. The van der Waals surface area contributed by atoms with Gasteiger partial charge in [0.25, 0.3) is 5.91 Å². The number of nitrogens with two attached hydrogens (primary N) is 1. The first-order chi connectivity index (χ1) is 12.9. The van der Waals surface area contributed by atoms with Gasteiger partial charge in [0.1, 0.15) is 6.04 Å². The van der Waals surface area contributed by atoms with Crippen molar-refractivity contribution in [3.05, 3.63) is 34.9 Å². The van der Waals surface area contributed by atoms with Gasteiger partial charge < -0.3 is 16.0 Å². The second kappa shape index (κ2) is 5.62. The molecule has 1 aromatic rings. The van der Waals surface area contributed by atoms with Crippen molar-refractivity contribution in [2.24, 2.45) is 11.1 Å². The number of piperidine rings is 1. The summed E-state index contributed by atoms with van der Waals surface area (Å²) >= 11 is 0. The highest BCUT2D eigenvalue weighted by atomic mass is 16.2. The number of hydrogen-bond acceptors (Lipinski definition) is 5. The van der Waals surface area contributed by atoms with Crippen LogP contribution in [0.1, 0.15) is 53.6 Å². The molecule has 0 radical (unpaired) electrons. The predicted octanol–water partition coefficient (Wildman–Crippen LogP) is 0.419. The lowest BCUT2D eigenvalue weighted by atomic mass is 9.39. The van der Waals surface area contributed by atoms with Crippen molar-refractivity contribution in [2.75, 3.05) is 6.54 Å². The van der Waals surface area contributed by atoms with Crippen molar-refractivity contribution in [3.8, 4) is 0 Å². The summed E-state index contributed by atoms with van der Waals surface area (Å²) in [4.78, 5) is 38.1. The smallest absolute Gasteiger partial charge is 0.255 e. The second-order valence-corrected chi connectivity index (χ2v) is 8.71. The summed E-state index contributed by atoms with van der Waals surface area (Å²) in [6.45, 7) is 1.92. The third-order valence-corrected chi connectivity index (χ3v) is 6.91. The highest BCUT2D eigenvalue weighted by Gasteiger charge is 2.66. The van der Waals surface area contributed by atoms with Gasteiger partial charge in [0.2, 0.25) is 11.8 Å². The van der Waals surface area contributed by atoms with Crippen LogP contribution in [-0.4, -0.2) is 40.7 Å². The van der Waals surface area contributed by atoms with Crippen LogP contribution in [0.25, 0.3) is 0 Å². The molecule has 4 fully saturated rings. The number of nitrogens with one attached hydrogen (secondary N) is 2. The molecule has 3 amide bonds. The van der Waals surface area contributed by atoms with Crippen LogP contribution in [-0.2, 0) is 22.7 Å². The van der Waals surface area contributed by atoms with Gasteiger partial charge in [-0.1, -0.05) is 12.1 Å². The Labute approximate surface area is 157 Å². The van der Waals surface area contributed by atoms with E-state index in [9.17, 15) is 14.4 Å². The van der Waals surface area contributed by atoms with Crippen molar-refractivity contribution in [1.29, 1.82) is 0 Å². The summed E-state index contributed by atoms with van der Waals surface area (Å²) in [6, 6.07) is 5.23. The van der Waals surface area contributed by atoms with E-state index >= 15 is 0 Å². The van der Waals surface area contributed by atoms with Gasteiger partial charge in [-0.3, -0.25) is 19.7 Å². The standard InChI is InChI=1S/C20H24N4O3/c21-11-19-8-20(9-19,10-19)22-6-12-2-1-3-13-14(12)7-24(18(13)27)15-4-5-16(25)23-17(15)26/h1-3,15,22H,4-11,21H2,(H,23,25,26). The highest BCUT2D eigenvalue weighted by molar-refractivity contribution is 6.05. The van der Waals surface area contributed by atoms with E-state index in [1.807, 2.05) is 12.1 Å². The molecule has 2 aliphatic heterocycles. The Hall–Kier alpha value is -2.25. The lowest BCUT2D eigenvalue weighted by molar-refractivity contribution is -0.147. The number of carbonyl (C=O) groups is 3. The number of benzene rings is 1. The van der Waals surface area contributed by atoms with Gasteiger partial charge in [0.15, 0.2) is 0 Å². The van der Waals surface area contributed by atoms with Crippen LogP contribution in [0.15, 0.2) is 18.2 Å².